The van der Waals surface area contributed by atoms with E-state index in [0.717, 1.165) is 0 Å². The minimum Gasteiger partial charge on any atom is -0.455 e. The zero-order valence-electron chi connectivity index (χ0n) is 17.1. The van der Waals surface area contributed by atoms with Gasteiger partial charge in [-0.3, -0.25) is 9.59 Å². The minimum absolute atomic E-state index is 0.0867. The molecular formula is C20H23N5O5. The molecule has 3 N–H and O–H groups in total. The van der Waals surface area contributed by atoms with Gasteiger partial charge < -0.3 is 25.4 Å². The summed E-state index contributed by atoms with van der Waals surface area (Å²) in [6.45, 7) is 5.51. The zero-order chi connectivity index (χ0) is 21.9. The first-order chi connectivity index (χ1) is 14.2. The van der Waals surface area contributed by atoms with Crippen LogP contribution in [0.3, 0.4) is 0 Å². The van der Waals surface area contributed by atoms with Crippen molar-refractivity contribution in [2.24, 2.45) is 11.3 Å². The van der Waals surface area contributed by atoms with Crippen molar-refractivity contribution in [3.63, 3.8) is 0 Å². The summed E-state index contributed by atoms with van der Waals surface area (Å²) in [5.41, 5.74) is -0.240. The second-order valence-corrected chi connectivity index (χ2v) is 7.32. The highest BCUT2D eigenvalue weighted by Crippen LogP contribution is 2.32. The van der Waals surface area contributed by atoms with Gasteiger partial charge in [-0.2, -0.15) is 0 Å². The van der Waals surface area contributed by atoms with Crippen LogP contribution in [0.2, 0.25) is 0 Å². The van der Waals surface area contributed by atoms with Crippen molar-refractivity contribution in [1.29, 1.82) is 0 Å². The van der Waals surface area contributed by atoms with Crippen LogP contribution >= 0.6 is 0 Å². The van der Waals surface area contributed by atoms with E-state index in [1.807, 2.05) is 0 Å². The lowest BCUT2D eigenvalue weighted by Gasteiger charge is -2.22. The lowest BCUT2D eigenvalue weighted by molar-refractivity contribution is -0.131. The molecule has 0 aromatic carbocycles. The Labute approximate surface area is 173 Å². The Hall–Kier alpha value is -3.69. The quantitative estimate of drug-likeness (QED) is 0.683. The van der Waals surface area contributed by atoms with Gasteiger partial charge in [-0.05, 0) is 25.1 Å². The van der Waals surface area contributed by atoms with Crippen LogP contribution in [-0.2, 0) is 9.59 Å². The molecule has 30 heavy (non-hydrogen) atoms. The molecule has 1 aliphatic heterocycles. The topological polar surface area (TPSA) is 132 Å². The Morgan fingerprint density at radius 1 is 1.27 bits per heavy atom. The molecule has 2 aromatic rings. The number of aryl methyl sites for hydroxylation is 1. The number of aromatic nitrogens is 2. The molecular weight excluding hydrogens is 390 g/mol. The molecule has 0 bridgehead atoms. The highest BCUT2D eigenvalue weighted by molar-refractivity contribution is 5.99. The van der Waals surface area contributed by atoms with Gasteiger partial charge in [-0.15, -0.1) is 0 Å². The number of amides is 3. The van der Waals surface area contributed by atoms with Crippen LogP contribution in [0.4, 0.5) is 10.6 Å². The zero-order valence-corrected chi connectivity index (χ0v) is 17.1. The summed E-state index contributed by atoms with van der Waals surface area (Å²) < 4.78 is 10.8. The Balaban J connectivity index is 1.69. The van der Waals surface area contributed by atoms with Crippen molar-refractivity contribution in [3.8, 4) is 17.4 Å². The summed E-state index contributed by atoms with van der Waals surface area (Å²) in [5.74, 6) is 0.406. The van der Waals surface area contributed by atoms with Crippen LogP contribution in [0.1, 0.15) is 19.5 Å². The number of nitrogens with one attached hydrogen (secondary N) is 3. The van der Waals surface area contributed by atoms with Crippen molar-refractivity contribution in [1.82, 2.24) is 20.6 Å². The summed E-state index contributed by atoms with van der Waals surface area (Å²) in [6, 6.07) is 6.36. The molecule has 10 nitrogen and oxygen atoms in total. The third-order valence-corrected chi connectivity index (χ3v) is 4.86. The number of hydrogen-bond donors (Lipinski definition) is 3. The van der Waals surface area contributed by atoms with Crippen molar-refractivity contribution >= 4 is 23.7 Å². The van der Waals surface area contributed by atoms with Gasteiger partial charge in [0.15, 0.2) is 0 Å². The van der Waals surface area contributed by atoms with E-state index in [2.05, 4.69) is 25.9 Å². The molecule has 0 aliphatic carbocycles. The maximum absolute atomic E-state index is 12.6. The second kappa shape index (κ2) is 8.36. The number of nitrogens with zero attached hydrogens (tertiary/aromatic N) is 2. The molecule has 1 fully saturated rings. The molecule has 0 radical (unpaired) electrons. The fraction of sp³-hybridized carbons (Fsp3) is 0.350. The standard InChI is InChI=1S/C20H23N5O5/c1-11-14(29-12-7-8-22-16(9-12)30-19(28)21-4)5-6-15(24-11)25-17(26)13-10-23-18(27)20(13,2)3/h5-9,13H,10H2,1-4H3,(H,21,28)(H,23,27)(H,24,25,26). The van der Waals surface area contributed by atoms with E-state index in [-0.39, 0.29) is 17.7 Å². The number of anilines is 1. The van der Waals surface area contributed by atoms with Gasteiger partial charge in [0.2, 0.25) is 17.7 Å². The van der Waals surface area contributed by atoms with E-state index in [1.165, 1.54) is 19.3 Å². The maximum Gasteiger partial charge on any atom is 0.413 e. The van der Waals surface area contributed by atoms with Gasteiger partial charge >= 0.3 is 6.09 Å². The number of carbonyl (C=O) groups is 3. The Morgan fingerprint density at radius 3 is 2.67 bits per heavy atom. The minimum atomic E-state index is -0.780. The number of carbonyl (C=O) groups excluding carboxylic acids is 3. The SMILES string of the molecule is CNC(=O)Oc1cc(Oc2ccc(NC(=O)C3CNC(=O)C3(C)C)nc2C)ccn1. The van der Waals surface area contributed by atoms with Gasteiger partial charge in [-0.25, -0.2) is 14.8 Å². The van der Waals surface area contributed by atoms with Crippen LogP contribution in [0.25, 0.3) is 0 Å². The Bertz CT molecular complexity index is 991. The van der Waals surface area contributed by atoms with Crippen LogP contribution in [0.5, 0.6) is 17.4 Å². The number of hydrogen-bond acceptors (Lipinski definition) is 7. The van der Waals surface area contributed by atoms with Gasteiger partial charge in [-0.1, -0.05) is 13.8 Å². The normalized spacial score (nSPS) is 17.1. The molecule has 3 rings (SSSR count). The summed E-state index contributed by atoms with van der Waals surface area (Å²) in [6.07, 6.45) is 0.809. The molecule has 0 saturated carbocycles. The molecule has 1 saturated heterocycles. The molecule has 3 amide bonds. The van der Waals surface area contributed by atoms with Gasteiger partial charge in [0.25, 0.3) is 0 Å². The van der Waals surface area contributed by atoms with Crippen molar-refractivity contribution in [3.05, 3.63) is 36.2 Å². The third-order valence-electron chi connectivity index (χ3n) is 4.86. The second-order valence-electron chi connectivity index (χ2n) is 7.32. The average molecular weight is 413 g/mol. The van der Waals surface area contributed by atoms with Crippen molar-refractivity contribution in [2.75, 3.05) is 18.9 Å². The predicted octanol–water partition coefficient (Wildman–Crippen LogP) is 2.01. The van der Waals surface area contributed by atoms with E-state index in [9.17, 15) is 14.4 Å². The predicted molar refractivity (Wildman–Crippen MR) is 107 cm³/mol. The van der Waals surface area contributed by atoms with E-state index < -0.39 is 17.4 Å². The fourth-order valence-corrected chi connectivity index (χ4v) is 2.98. The highest BCUT2D eigenvalue weighted by atomic mass is 16.6. The number of ether oxygens (including phenoxy) is 2. The fourth-order valence-electron chi connectivity index (χ4n) is 2.98. The van der Waals surface area contributed by atoms with Gasteiger partial charge in [0, 0.05) is 25.9 Å². The Morgan fingerprint density at radius 2 is 2.03 bits per heavy atom. The molecule has 1 atom stereocenters. The summed E-state index contributed by atoms with van der Waals surface area (Å²) in [4.78, 5) is 44.1. The van der Waals surface area contributed by atoms with Gasteiger partial charge in [0.1, 0.15) is 17.3 Å². The molecule has 1 unspecified atom stereocenters. The smallest absolute Gasteiger partial charge is 0.413 e. The van der Waals surface area contributed by atoms with Crippen LogP contribution in [0, 0.1) is 18.3 Å². The summed E-state index contributed by atoms with van der Waals surface area (Å²) in [5, 5.41) is 7.80. The van der Waals surface area contributed by atoms with Gasteiger partial charge in [0.05, 0.1) is 17.0 Å². The maximum atomic E-state index is 12.6. The molecule has 10 heteroatoms. The van der Waals surface area contributed by atoms with E-state index in [0.29, 0.717) is 29.6 Å². The lowest BCUT2D eigenvalue weighted by atomic mass is 9.81. The first-order valence-corrected chi connectivity index (χ1v) is 9.31. The Kier molecular flexibility index (Phi) is 5.86. The van der Waals surface area contributed by atoms with Crippen LogP contribution < -0.4 is 25.4 Å². The highest BCUT2D eigenvalue weighted by Gasteiger charge is 2.46. The lowest BCUT2D eigenvalue weighted by Crippen LogP contribution is -2.36. The van der Waals surface area contributed by atoms with Crippen molar-refractivity contribution < 1.29 is 23.9 Å². The van der Waals surface area contributed by atoms with E-state index in [4.69, 9.17) is 9.47 Å². The van der Waals surface area contributed by atoms with E-state index in [1.54, 1.807) is 39.0 Å². The monoisotopic (exact) mass is 413 g/mol. The number of rotatable bonds is 5. The van der Waals surface area contributed by atoms with Crippen LogP contribution in [-0.4, -0.2) is 41.5 Å². The molecule has 2 aromatic heterocycles. The summed E-state index contributed by atoms with van der Waals surface area (Å²) in [7, 11) is 1.44. The van der Waals surface area contributed by atoms with Crippen molar-refractivity contribution in [2.45, 2.75) is 20.8 Å². The average Bonchev–Trinajstić information content (AvgIpc) is 2.97. The van der Waals surface area contributed by atoms with Crippen LogP contribution in [0.15, 0.2) is 30.5 Å². The molecule has 0 spiro atoms. The largest absolute Gasteiger partial charge is 0.455 e. The third kappa shape index (κ3) is 4.48. The molecule has 3 heterocycles. The molecule has 158 valence electrons. The summed E-state index contributed by atoms with van der Waals surface area (Å²) >= 11 is 0. The number of pyridine rings is 2. The molecule has 1 aliphatic rings. The van der Waals surface area contributed by atoms with E-state index >= 15 is 0 Å². The first-order valence-electron chi connectivity index (χ1n) is 9.31. The first kappa shape index (κ1) is 21.0.